The van der Waals surface area contributed by atoms with E-state index >= 15 is 0 Å². The summed E-state index contributed by atoms with van der Waals surface area (Å²) in [5, 5.41) is 0. The third-order valence-corrected chi connectivity index (χ3v) is 3.91. The van der Waals surface area contributed by atoms with Crippen molar-refractivity contribution in [3.05, 3.63) is 95.3 Å². The van der Waals surface area contributed by atoms with Gasteiger partial charge in [0, 0.05) is 6.21 Å². The van der Waals surface area contributed by atoms with Crippen LogP contribution in [0.5, 0.6) is 5.75 Å². The molecule has 0 heterocycles. The monoisotopic (exact) mass is 333 g/mol. The highest BCUT2D eigenvalue weighted by Crippen LogP contribution is 2.16. The van der Waals surface area contributed by atoms with Crippen LogP contribution in [-0.2, 0) is 13.0 Å². The largest absolute Gasteiger partial charge is 0.489 e. The van der Waals surface area contributed by atoms with E-state index in [1.165, 1.54) is 17.7 Å². The molecule has 3 aromatic rings. The van der Waals surface area contributed by atoms with E-state index in [0.717, 1.165) is 29.0 Å². The minimum Gasteiger partial charge on any atom is -0.489 e. The van der Waals surface area contributed by atoms with E-state index < -0.39 is 0 Å². The van der Waals surface area contributed by atoms with Crippen LogP contribution >= 0.6 is 0 Å². The average molecular weight is 333 g/mol. The van der Waals surface area contributed by atoms with Crippen LogP contribution in [0, 0.1) is 5.82 Å². The molecule has 0 aromatic heterocycles. The molecule has 0 bridgehead atoms. The molecule has 0 aliphatic rings. The zero-order chi connectivity index (χ0) is 17.5. The normalized spacial score (nSPS) is 11.0. The molecule has 0 saturated carbocycles. The average Bonchev–Trinajstić information content (AvgIpc) is 2.67. The lowest BCUT2D eigenvalue weighted by Crippen LogP contribution is -1.95. The number of aryl methyl sites for hydroxylation is 1. The molecule has 25 heavy (non-hydrogen) atoms. The Hall–Kier alpha value is -2.94. The molecule has 3 rings (SSSR count). The second-order valence-electron chi connectivity index (χ2n) is 5.76. The molecular weight excluding hydrogens is 313 g/mol. The molecule has 0 aliphatic carbocycles. The smallest absolute Gasteiger partial charge is 0.123 e. The number of nitrogens with zero attached hydrogens (tertiary/aromatic N) is 1. The van der Waals surface area contributed by atoms with Gasteiger partial charge in [0.05, 0.1) is 5.69 Å². The Morgan fingerprint density at radius 2 is 1.48 bits per heavy atom. The summed E-state index contributed by atoms with van der Waals surface area (Å²) in [4.78, 5) is 4.48. The molecular formula is C22H20FNO. The van der Waals surface area contributed by atoms with E-state index in [0.29, 0.717) is 6.61 Å². The molecule has 0 fully saturated rings. The molecule has 0 amide bonds. The van der Waals surface area contributed by atoms with E-state index in [-0.39, 0.29) is 5.82 Å². The van der Waals surface area contributed by atoms with Crippen molar-refractivity contribution in [3.63, 3.8) is 0 Å². The lowest BCUT2D eigenvalue weighted by Gasteiger charge is -2.06. The lowest BCUT2D eigenvalue weighted by atomic mass is 10.1. The molecule has 2 nitrogen and oxygen atoms in total. The van der Waals surface area contributed by atoms with Crippen molar-refractivity contribution in [2.45, 2.75) is 20.0 Å². The maximum atomic E-state index is 12.9. The van der Waals surface area contributed by atoms with Gasteiger partial charge in [0.2, 0.25) is 0 Å². The Kier molecular flexibility index (Phi) is 5.57. The van der Waals surface area contributed by atoms with Gasteiger partial charge in [-0.25, -0.2) is 4.39 Å². The summed E-state index contributed by atoms with van der Waals surface area (Å²) >= 11 is 0. The van der Waals surface area contributed by atoms with Gasteiger partial charge in [-0.05, 0) is 71.6 Å². The number of hydrogen-bond donors (Lipinski definition) is 0. The van der Waals surface area contributed by atoms with Crippen LogP contribution in [-0.4, -0.2) is 6.21 Å². The van der Waals surface area contributed by atoms with Gasteiger partial charge in [0.1, 0.15) is 18.2 Å². The van der Waals surface area contributed by atoms with Crippen molar-refractivity contribution < 1.29 is 9.13 Å². The van der Waals surface area contributed by atoms with Crippen LogP contribution in [0.2, 0.25) is 0 Å². The first-order valence-electron chi connectivity index (χ1n) is 8.33. The SMILES string of the molecule is CCc1ccc(N=Cc2ccc(OCc3ccc(F)cc3)cc2)cc1. The van der Waals surface area contributed by atoms with Crippen LogP contribution < -0.4 is 4.74 Å². The van der Waals surface area contributed by atoms with Crippen molar-refractivity contribution in [3.8, 4) is 5.75 Å². The fraction of sp³-hybridized carbons (Fsp3) is 0.136. The summed E-state index contributed by atoms with van der Waals surface area (Å²) in [6.07, 6.45) is 2.87. The quantitative estimate of drug-likeness (QED) is 0.529. The number of ether oxygens (including phenoxy) is 1. The number of aliphatic imine (C=N–C) groups is 1. The molecule has 0 unspecified atom stereocenters. The first-order chi connectivity index (χ1) is 12.2. The molecule has 0 aliphatic heterocycles. The van der Waals surface area contributed by atoms with E-state index in [9.17, 15) is 4.39 Å². The molecule has 0 saturated heterocycles. The molecule has 3 heteroatoms. The topological polar surface area (TPSA) is 21.6 Å². The molecule has 0 radical (unpaired) electrons. The number of rotatable bonds is 6. The highest BCUT2D eigenvalue weighted by Gasteiger charge is 1.97. The summed E-state index contributed by atoms with van der Waals surface area (Å²) in [5.41, 5.74) is 4.19. The van der Waals surface area contributed by atoms with Gasteiger partial charge in [0.15, 0.2) is 0 Å². The first kappa shape index (κ1) is 16.9. The van der Waals surface area contributed by atoms with Gasteiger partial charge >= 0.3 is 0 Å². The van der Waals surface area contributed by atoms with Crippen LogP contribution in [0.15, 0.2) is 77.8 Å². The fourth-order valence-electron chi connectivity index (χ4n) is 2.36. The van der Waals surface area contributed by atoms with Gasteiger partial charge in [-0.15, -0.1) is 0 Å². The second kappa shape index (κ2) is 8.25. The number of benzene rings is 3. The van der Waals surface area contributed by atoms with Crippen molar-refractivity contribution in [2.24, 2.45) is 4.99 Å². The molecule has 0 atom stereocenters. The van der Waals surface area contributed by atoms with Gasteiger partial charge < -0.3 is 4.74 Å². The highest BCUT2D eigenvalue weighted by atomic mass is 19.1. The zero-order valence-electron chi connectivity index (χ0n) is 14.2. The van der Waals surface area contributed by atoms with Crippen molar-refractivity contribution in [1.82, 2.24) is 0 Å². The maximum absolute atomic E-state index is 12.9. The Bertz CT molecular complexity index is 821. The van der Waals surface area contributed by atoms with Gasteiger partial charge in [-0.3, -0.25) is 4.99 Å². The van der Waals surface area contributed by atoms with E-state index in [2.05, 4.69) is 24.0 Å². The minimum absolute atomic E-state index is 0.239. The molecule has 3 aromatic carbocycles. The lowest BCUT2D eigenvalue weighted by molar-refractivity contribution is 0.306. The van der Waals surface area contributed by atoms with Crippen molar-refractivity contribution >= 4 is 11.9 Å². The highest BCUT2D eigenvalue weighted by molar-refractivity contribution is 5.82. The summed E-state index contributed by atoms with van der Waals surface area (Å²) in [7, 11) is 0. The van der Waals surface area contributed by atoms with Gasteiger partial charge in [0.25, 0.3) is 0 Å². The Labute approximate surface area is 147 Å². The molecule has 0 N–H and O–H groups in total. The first-order valence-corrected chi connectivity index (χ1v) is 8.33. The van der Waals surface area contributed by atoms with Crippen LogP contribution in [0.25, 0.3) is 0 Å². The second-order valence-corrected chi connectivity index (χ2v) is 5.76. The molecule has 126 valence electrons. The Morgan fingerprint density at radius 3 is 2.12 bits per heavy atom. The summed E-state index contributed by atoms with van der Waals surface area (Å²) in [6.45, 7) is 2.55. The van der Waals surface area contributed by atoms with E-state index in [4.69, 9.17) is 4.74 Å². The summed E-state index contributed by atoms with van der Waals surface area (Å²) in [6, 6.07) is 22.3. The summed E-state index contributed by atoms with van der Waals surface area (Å²) < 4.78 is 18.6. The molecule has 0 spiro atoms. The maximum Gasteiger partial charge on any atom is 0.123 e. The Balaban J connectivity index is 1.57. The summed E-state index contributed by atoms with van der Waals surface area (Å²) in [5.74, 6) is 0.533. The predicted molar refractivity (Wildman–Crippen MR) is 100 cm³/mol. The van der Waals surface area contributed by atoms with Crippen LogP contribution in [0.1, 0.15) is 23.6 Å². The fourth-order valence-corrected chi connectivity index (χ4v) is 2.36. The zero-order valence-corrected chi connectivity index (χ0v) is 14.2. The Morgan fingerprint density at radius 1 is 0.840 bits per heavy atom. The van der Waals surface area contributed by atoms with Gasteiger partial charge in [-0.1, -0.05) is 31.2 Å². The van der Waals surface area contributed by atoms with E-state index in [1.807, 2.05) is 42.6 Å². The number of halogens is 1. The number of hydrogen-bond acceptors (Lipinski definition) is 2. The van der Waals surface area contributed by atoms with Crippen LogP contribution in [0.4, 0.5) is 10.1 Å². The standard InChI is InChI=1S/C22H20FNO/c1-2-17-5-11-21(12-6-17)24-15-18-7-13-22(14-8-18)25-16-19-3-9-20(23)10-4-19/h3-15H,2,16H2,1H3. The van der Waals surface area contributed by atoms with E-state index in [1.54, 1.807) is 12.1 Å². The predicted octanol–water partition coefficient (Wildman–Crippen LogP) is 5.72. The minimum atomic E-state index is -0.239. The van der Waals surface area contributed by atoms with Crippen LogP contribution in [0.3, 0.4) is 0 Å². The third kappa shape index (κ3) is 5.01. The van der Waals surface area contributed by atoms with Crippen molar-refractivity contribution in [1.29, 1.82) is 0 Å². The van der Waals surface area contributed by atoms with Gasteiger partial charge in [-0.2, -0.15) is 0 Å². The third-order valence-electron chi connectivity index (χ3n) is 3.91. The van der Waals surface area contributed by atoms with Crippen molar-refractivity contribution in [2.75, 3.05) is 0 Å².